The number of carbonyl (C=O) groups is 2. The molecule has 1 saturated heterocycles. The van der Waals surface area contributed by atoms with Crippen LogP contribution in [0.15, 0.2) is 66.2 Å². The number of amides is 1. The van der Waals surface area contributed by atoms with E-state index in [0.717, 1.165) is 16.9 Å². The van der Waals surface area contributed by atoms with Gasteiger partial charge in [0.05, 0.1) is 30.0 Å². The number of aryl methyl sites for hydroxylation is 1. The molecule has 1 amide bonds. The Morgan fingerprint density at radius 3 is 2.50 bits per heavy atom. The Kier molecular flexibility index (Phi) is 5.93. The lowest BCUT2D eigenvalue weighted by Crippen LogP contribution is -2.29. The van der Waals surface area contributed by atoms with E-state index in [1.807, 2.05) is 6.92 Å². The fourth-order valence-corrected chi connectivity index (χ4v) is 5.32. The number of thiazole rings is 1. The largest absolute Gasteiger partial charge is 0.507 e. The number of hydrogen-bond acceptors (Lipinski definition) is 7. The summed E-state index contributed by atoms with van der Waals surface area (Å²) in [6.07, 6.45) is 0. The van der Waals surface area contributed by atoms with Crippen molar-refractivity contribution >= 4 is 44.1 Å². The highest BCUT2D eigenvalue weighted by Gasteiger charge is 2.49. The van der Waals surface area contributed by atoms with Crippen LogP contribution in [-0.2, 0) is 9.59 Å². The molecule has 0 unspecified atom stereocenters. The lowest BCUT2D eigenvalue weighted by atomic mass is 9.94. The molecule has 0 radical (unpaired) electrons. The number of aliphatic hydroxyl groups excluding tert-OH is 1. The molecular formula is C27H21FN2O5S. The Morgan fingerprint density at radius 2 is 1.81 bits per heavy atom. The summed E-state index contributed by atoms with van der Waals surface area (Å²) in [7, 11) is 2.93. The number of methoxy groups -OCH3 is 2. The molecule has 1 aliphatic rings. The van der Waals surface area contributed by atoms with Gasteiger partial charge < -0.3 is 14.6 Å². The fourth-order valence-electron chi connectivity index (χ4n) is 4.31. The number of aliphatic hydroxyl groups is 1. The normalized spacial score (nSPS) is 17.1. The lowest BCUT2D eigenvalue weighted by Gasteiger charge is -2.25. The average Bonchev–Trinajstić information content (AvgIpc) is 3.40. The first kappa shape index (κ1) is 23.5. The van der Waals surface area contributed by atoms with Crippen LogP contribution < -0.4 is 14.4 Å². The number of ether oxygens (including phenoxy) is 2. The van der Waals surface area contributed by atoms with Gasteiger partial charge in [0.2, 0.25) is 0 Å². The summed E-state index contributed by atoms with van der Waals surface area (Å²) in [5.74, 6) is -1.80. The third-order valence-electron chi connectivity index (χ3n) is 6.04. The van der Waals surface area contributed by atoms with Crippen molar-refractivity contribution < 1.29 is 28.6 Å². The van der Waals surface area contributed by atoms with Crippen molar-refractivity contribution in [1.82, 2.24) is 4.98 Å². The molecule has 9 heteroatoms. The van der Waals surface area contributed by atoms with Gasteiger partial charge in [0.25, 0.3) is 5.78 Å². The summed E-state index contributed by atoms with van der Waals surface area (Å²) in [6.45, 7) is 1.90. The second kappa shape index (κ2) is 9.09. The van der Waals surface area contributed by atoms with Crippen molar-refractivity contribution in [2.75, 3.05) is 19.1 Å². The summed E-state index contributed by atoms with van der Waals surface area (Å²) >= 11 is 1.07. The highest BCUT2D eigenvalue weighted by molar-refractivity contribution is 7.22. The smallest absolute Gasteiger partial charge is 0.301 e. The molecule has 2 heterocycles. The topological polar surface area (TPSA) is 89.0 Å². The molecule has 1 aliphatic heterocycles. The lowest BCUT2D eigenvalue weighted by molar-refractivity contribution is -0.132. The fraction of sp³-hybridized carbons (Fsp3) is 0.148. The molecule has 1 aromatic heterocycles. The molecular weight excluding hydrogens is 483 g/mol. The van der Waals surface area contributed by atoms with Crippen LogP contribution in [0.2, 0.25) is 0 Å². The number of para-hydroxylation sites is 1. The SMILES string of the molecule is COc1cccc([C@@H]2/C(=C(\O)c3ccc(C)cc3)C(=O)C(=O)N2c2nc3ccc(F)cc3s2)c1OC. The summed E-state index contributed by atoms with van der Waals surface area (Å²) in [5.41, 5.74) is 2.15. The minimum atomic E-state index is -1.07. The third kappa shape index (κ3) is 3.77. The number of ketones is 1. The van der Waals surface area contributed by atoms with Crippen molar-refractivity contribution in [2.45, 2.75) is 13.0 Å². The molecule has 7 nitrogen and oxygen atoms in total. The number of rotatable bonds is 5. The molecule has 36 heavy (non-hydrogen) atoms. The highest BCUT2D eigenvalue weighted by atomic mass is 32.1. The first-order chi connectivity index (χ1) is 17.3. The Morgan fingerprint density at radius 1 is 1.06 bits per heavy atom. The molecule has 4 aromatic rings. The van der Waals surface area contributed by atoms with E-state index >= 15 is 0 Å². The minimum Gasteiger partial charge on any atom is -0.507 e. The number of benzene rings is 3. The van der Waals surface area contributed by atoms with Gasteiger partial charge in [0.1, 0.15) is 17.6 Å². The predicted octanol–water partition coefficient (Wildman–Crippen LogP) is 5.39. The molecule has 1 N–H and O–H groups in total. The standard InChI is InChI=1S/C27H21FN2O5S/c1-14-7-9-15(10-8-14)23(31)21-22(17-5-4-6-19(34-2)25(17)35-3)30(26(33)24(21)32)27-29-18-12-11-16(28)13-20(18)36-27/h4-13,22,31H,1-3H3/b23-21+/t22-/m1/s1. The van der Waals surface area contributed by atoms with Gasteiger partial charge in [-0.1, -0.05) is 53.3 Å². The molecule has 182 valence electrons. The predicted molar refractivity (Wildman–Crippen MR) is 135 cm³/mol. The van der Waals surface area contributed by atoms with Crippen molar-refractivity contribution in [1.29, 1.82) is 0 Å². The third-order valence-corrected chi connectivity index (χ3v) is 7.06. The molecule has 0 saturated carbocycles. The second-order valence-corrected chi connectivity index (χ2v) is 9.24. The maximum atomic E-state index is 13.8. The molecule has 1 atom stereocenters. The van der Waals surface area contributed by atoms with Crippen LogP contribution in [0.25, 0.3) is 16.0 Å². The maximum Gasteiger partial charge on any atom is 0.301 e. The van der Waals surface area contributed by atoms with Crippen molar-refractivity contribution in [2.24, 2.45) is 0 Å². The van der Waals surface area contributed by atoms with Crippen LogP contribution >= 0.6 is 11.3 Å². The van der Waals surface area contributed by atoms with Gasteiger partial charge in [0.15, 0.2) is 16.6 Å². The minimum absolute atomic E-state index is 0.110. The van der Waals surface area contributed by atoms with E-state index in [4.69, 9.17) is 9.47 Å². The number of hydrogen-bond donors (Lipinski definition) is 1. The first-order valence-electron chi connectivity index (χ1n) is 11.0. The van der Waals surface area contributed by atoms with Crippen molar-refractivity contribution in [3.63, 3.8) is 0 Å². The summed E-state index contributed by atoms with van der Waals surface area (Å²) in [6, 6.07) is 15.1. The van der Waals surface area contributed by atoms with E-state index in [9.17, 15) is 19.1 Å². The molecule has 0 bridgehead atoms. The van der Waals surface area contributed by atoms with Crippen LogP contribution in [0.1, 0.15) is 22.7 Å². The monoisotopic (exact) mass is 504 g/mol. The van der Waals surface area contributed by atoms with Gasteiger partial charge in [-0.05, 0) is 31.2 Å². The Balaban J connectivity index is 1.79. The number of aromatic nitrogens is 1. The van der Waals surface area contributed by atoms with E-state index in [1.165, 1.54) is 37.3 Å². The Hall–Kier alpha value is -4.24. The molecule has 0 aliphatic carbocycles. The van der Waals surface area contributed by atoms with E-state index in [-0.39, 0.29) is 16.5 Å². The maximum absolute atomic E-state index is 13.8. The van der Waals surface area contributed by atoms with Crippen LogP contribution in [-0.4, -0.2) is 36.0 Å². The summed E-state index contributed by atoms with van der Waals surface area (Å²) in [4.78, 5) is 32.6. The summed E-state index contributed by atoms with van der Waals surface area (Å²) in [5, 5.41) is 11.5. The average molecular weight is 505 g/mol. The summed E-state index contributed by atoms with van der Waals surface area (Å²) < 4.78 is 25.4. The number of halogens is 1. The molecule has 1 fully saturated rings. The van der Waals surface area contributed by atoms with Crippen LogP contribution in [0.4, 0.5) is 9.52 Å². The zero-order chi connectivity index (χ0) is 25.6. The van der Waals surface area contributed by atoms with Crippen LogP contribution in [0.5, 0.6) is 11.5 Å². The van der Waals surface area contributed by atoms with Crippen LogP contribution in [0.3, 0.4) is 0 Å². The molecule has 3 aromatic carbocycles. The van der Waals surface area contributed by atoms with E-state index in [0.29, 0.717) is 32.8 Å². The molecule has 5 rings (SSSR count). The van der Waals surface area contributed by atoms with E-state index in [2.05, 4.69) is 4.98 Å². The molecule has 0 spiro atoms. The van der Waals surface area contributed by atoms with Crippen LogP contribution in [0, 0.1) is 12.7 Å². The van der Waals surface area contributed by atoms with E-state index in [1.54, 1.807) is 42.5 Å². The number of anilines is 1. The highest BCUT2D eigenvalue weighted by Crippen LogP contribution is 2.48. The van der Waals surface area contributed by atoms with Crippen molar-refractivity contribution in [3.8, 4) is 11.5 Å². The Labute approximate surface area is 210 Å². The second-order valence-electron chi connectivity index (χ2n) is 8.23. The quantitative estimate of drug-likeness (QED) is 0.223. The van der Waals surface area contributed by atoms with E-state index < -0.39 is 23.5 Å². The van der Waals surface area contributed by atoms with Gasteiger partial charge in [-0.25, -0.2) is 9.37 Å². The number of Topliss-reactive ketones (excluding diaryl/α,β-unsaturated/α-hetero) is 1. The number of fused-ring (bicyclic) bond motifs is 1. The zero-order valence-electron chi connectivity index (χ0n) is 19.6. The van der Waals surface area contributed by atoms with Crippen molar-refractivity contribution in [3.05, 3.63) is 88.7 Å². The van der Waals surface area contributed by atoms with Gasteiger partial charge >= 0.3 is 5.91 Å². The van der Waals surface area contributed by atoms with Gasteiger partial charge in [-0.2, -0.15) is 0 Å². The zero-order valence-corrected chi connectivity index (χ0v) is 20.4. The Bertz CT molecular complexity index is 1540. The number of nitrogens with zero attached hydrogens (tertiary/aromatic N) is 2. The van der Waals surface area contributed by atoms with Gasteiger partial charge in [0, 0.05) is 11.1 Å². The van der Waals surface area contributed by atoms with Gasteiger partial charge in [-0.3, -0.25) is 14.5 Å². The number of carbonyl (C=O) groups excluding carboxylic acids is 2. The first-order valence-corrected chi connectivity index (χ1v) is 11.8. The van der Waals surface area contributed by atoms with Gasteiger partial charge in [-0.15, -0.1) is 0 Å².